The summed E-state index contributed by atoms with van der Waals surface area (Å²) >= 11 is 0. The molecule has 0 N–H and O–H groups in total. The fourth-order valence-electron chi connectivity index (χ4n) is 2.84. The molecule has 100 valence electrons. The minimum Gasteiger partial charge on any atom is -0.466 e. The molecule has 0 saturated heterocycles. The summed E-state index contributed by atoms with van der Waals surface area (Å²) in [5, 5.41) is 0. The van der Waals surface area contributed by atoms with Gasteiger partial charge < -0.3 is 9.47 Å². The molecule has 1 rings (SSSR count). The molecule has 0 heterocycles. The summed E-state index contributed by atoms with van der Waals surface area (Å²) in [4.78, 5) is 14.1. The third-order valence-electron chi connectivity index (χ3n) is 3.76. The molecule has 0 unspecified atom stereocenters. The molecule has 4 nitrogen and oxygen atoms in total. The van der Waals surface area contributed by atoms with Gasteiger partial charge in [0.05, 0.1) is 19.1 Å². The van der Waals surface area contributed by atoms with Gasteiger partial charge in [-0.2, -0.15) is 0 Å². The van der Waals surface area contributed by atoms with E-state index in [1.54, 1.807) is 7.11 Å². The zero-order valence-electron chi connectivity index (χ0n) is 11.5. The maximum atomic E-state index is 11.7. The molecule has 0 amide bonds. The Kier molecular flexibility index (Phi) is 5.40. The van der Waals surface area contributed by atoms with E-state index in [-0.39, 0.29) is 11.5 Å². The Bertz CT molecular complexity index is 245. The van der Waals surface area contributed by atoms with Crippen molar-refractivity contribution in [2.45, 2.75) is 51.7 Å². The van der Waals surface area contributed by atoms with Gasteiger partial charge in [0.1, 0.15) is 0 Å². The smallest absolute Gasteiger partial charge is 0.307 e. The van der Waals surface area contributed by atoms with Crippen molar-refractivity contribution in [1.29, 1.82) is 0 Å². The summed E-state index contributed by atoms with van der Waals surface area (Å²) in [6, 6.07) is 0. The molecule has 1 aliphatic rings. The highest BCUT2D eigenvalue weighted by molar-refractivity contribution is 5.71. The standard InChI is InChI=1S/C13H25NO3/c1-5-14(6-2)13(8-11(9-13)16-4)10-12(15)17-7-3/h11H,5-10H2,1-4H3. The van der Waals surface area contributed by atoms with Crippen LogP contribution in [-0.4, -0.2) is 49.3 Å². The first-order valence-electron chi connectivity index (χ1n) is 6.55. The largest absolute Gasteiger partial charge is 0.466 e. The molecule has 0 atom stereocenters. The number of hydrogen-bond donors (Lipinski definition) is 0. The van der Waals surface area contributed by atoms with E-state index in [4.69, 9.17) is 9.47 Å². The highest BCUT2D eigenvalue weighted by Gasteiger charge is 2.49. The third kappa shape index (κ3) is 3.19. The van der Waals surface area contributed by atoms with Crippen molar-refractivity contribution in [3.8, 4) is 0 Å². The Morgan fingerprint density at radius 1 is 1.29 bits per heavy atom. The van der Waals surface area contributed by atoms with Gasteiger partial charge in [-0.15, -0.1) is 0 Å². The van der Waals surface area contributed by atoms with Gasteiger partial charge in [0, 0.05) is 12.6 Å². The lowest BCUT2D eigenvalue weighted by molar-refractivity contribution is -0.154. The van der Waals surface area contributed by atoms with Crippen LogP contribution in [0.2, 0.25) is 0 Å². The molecule has 0 aromatic heterocycles. The van der Waals surface area contributed by atoms with E-state index in [0.29, 0.717) is 19.1 Å². The Morgan fingerprint density at radius 2 is 1.88 bits per heavy atom. The van der Waals surface area contributed by atoms with Crippen LogP contribution in [-0.2, 0) is 14.3 Å². The van der Waals surface area contributed by atoms with E-state index in [2.05, 4.69) is 18.7 Å². The number of carbonyl (C=O) groups is 1. The maximum absolute atomic E-state index is 11.7. The minimum atomic E-state index is -0.0889. The van der Waals surface area contributed by atoms with Gasteiger partial charge >= 0.3 is 5.97 Å². The molecular formula is C13H25NO3. The first kappa shape index (κ1) is 14.5. The van der Waals surface area contributed by atoms with E-state index in [1.807, 2.05) is 6.92 Å². The third-order valence-corrected chi connectivity index (χ3v) is 3.76. The van der Waals surface area contributed by atoms with Crippen LogP contribution < -0.4 is 0 Å². The van der Waals surface area contributed by atoms with Crippen LogP contribution in [0, 0.1) is 0 Å². The summed E-state index contributed by atoms with van der Waals surface area (Å²) in [5.74, 6) is -0.0889. The number of nitrogens with zero attached hydrogens (tertiary/aromatic N) is 1. The van der Waals surface area contributed by atoms with Gasteiger partial charge in [0.2, 0.25) is 0 Å². The average molecular weight is 243 g/mol. The molecule has 1 fully saturated rings. The Labute approximate surface area is 104 Å². The summed E-state index contributed by atoms with van der Waals surface area (Å²) in [7, 11) is 1.74. The van der Waals surface area contributed by atoms with Gasteiger partial charge in [0.15, 0.2) is 0 Å². The molecule has 0 aromatic carbocycles. The number of esters is 1. The van der Waals surface area contributed by atoms with Crippen molar-refractivity contribution >= 4 is 5.97 Å². The Morgan fingerprint density at radius 3 is 2.29 bits per heavy atom. The second kappa shape index (κ2) is 6.36. The number of ether oxygens (including phenoxy) is 2. The summed E-state index contributed by atoms with van der Waals surface area (Å²) < 4.78 is 10.4. The summed E-state index contributed by atoms with van der Waals surface area (Å²) in [6.45, 7) is 8.51. The SMILES string of the molecule is CCOC(=O)CC1(N(CC)CC)CC(OC)C1. The van der Waals surface area contributed by atoms with E-state index in [0.717, 1.165) is 25.9 Å². The normalized spacial score (nSPS) is 27.9. The van der Waals surface area contributed by atoms with Gasteiger partial charge in [-0.25, -0.2) is 0 Å². The lowest BCUT2D eigenvalue weighted by Crippen LogP contribution is -2.60. The zero-order chi connectivity index (χ0) is 12.9. The molecule has 17 heavy (non-hydrogen) atoms. The Hall–Kier alpha value is -0.610. The number of hydrogen-bond acceptors (Lipinski definition) is 4. The topological polar surface area (TPSA) is 38.8 Å². The molecule has 1 saturated carbocycles. The van der Waals surface area contributed by atoms with E-state index < -0.39 is 0 Å². The van der Waals surface area contributed by atoms with Crippen LogP contribution >= 0.6 is 0 Å². The van der Waals surface area contributed by atoms with Gasteiger partial charge in [-0.3, -0.25) is 9.69 Å². The fourth-order valence-corrected chi connectivity index (χ4v) is 2.84. The maximum Gasteiger partial charge on any atom is 0.307 e. The lowest BCUT2D eigenvalue weighted by Gasteiger charge is -2.53. The minimum absolute atomic E-state index is 0.0313. The predicted octanol–water partition coefficient (Wildman–Crippen LogP) is 1.83. The van der Waals surface area contributed by atoms with E-state index in [9.17, 15) is 4.79 Å². The number of rotatable bonds is 7. The van der Waals surface area contributed by atoms with Crippen molar-refractivity contribution in [2.75, 3.05) is 26.8 Å². The average Bonchev–Trinajstić information content (AvgIpc) is 2.26. The Balaban J connectivity index is 2.64. The number of methoxy groups -OCH3 is 1. The second-order valence-electron chi connectivity index (χ2n) is 4.64. The van der Waals surface area contributed by atoms with E-state index in [1.165, 1.54) is 0 Å². The van der Waals surface area contributed by atoms with Crippen LogP contribution in [0.25, 0.3) is 0 Å². The molecule has 1 aliphatic carbocycles. The van der Waals surface area contributed by atoms with Crippen molar-refractivity contribution in [3.63, 3.8) is 0 Å². The van der Waals surface area contributed by atoms with Crippen LogP contribution in [0.5, 0.6) is 0 Å². The van der Waals surface area contributed by atoms with Crippen molar-refractivity contribution in [1.82, 2.24) is 4.90 Å². The van der Waals surface area contributed by atoms with Gasteiger partial charge in [0.25, 0.3) is 0 Å². The van der Waals surface area contributed by atoms with Crippen LogP contribution in [0.3, 0.4) is 0 Å². The van der Waals surface area contributed by atoms with Crippen LogP contribution in [0.4, 0.5) is 0 Å². The van der Waals surface area contributed by atoms with Crippen molar-refractivity contribution < 1.29 is 14.3 Å². The molecule has 0 bridgehead atoms. The summed E-state index contributed by atoms with van der Waals surface area (Å²) in [6.07, 6.45) is 2.65. The monoisotopic (exact) mass is 243 g/mol. The molecular weight excluding hydrogens is 218 g/mol. The molecule has 0 aliphatic heterocycles. The predicted molar refractivity (Wildman–Crippen MR) is 66.9 cm³/mol. The van der Waals surface area contributed by atoms with Crippen LogP contribution in [0.15, 0.2) is 0 Å². The molecule has 4 heteroatoms. The molecule has 0 radical (unpaired) electrons. The quantitative estimate of drug-likeness (QED) is 0.639. The first-order chi connectivity index (χ1) is 8.11. The fraction of sp³-hybridized carbons (Fsp3) is 0.923. The summed E-state index contributed by atoms with van der Waals surface area (Å²) in [5.41, 5.74) is -0.0313. The van der Waals surface area contributed by atoms with Gasteiger partial charge in [-0.05, 0) is 32.9 Å². The number of carbonyl (C=O) groups excluding carboxylic acids is 1. The van der Waals surface area contributed by atoms with Gasteiger partial charge in [-0.1, -0.05) is 13.8 Å². The molecule has 0 aromatic rings. The molecule has 0 spiro atoms. The van der Waals surface area contributed by atoms with Crippen LogP contribution in [0.1, 0.15) is 40.0 Å². The first-order valence-corrected chi connectivity index (χ1v) is 6.55. The zero-order valence-corrected chi connectivity index (χ0v) is 11.5. The lowest BCUT2D eigenvalue weighted by atomic mass is 9.70. The van der Waals surface area contributed by atoms with Crippen molar-refractivity contribution in [2.24, 2.45) is 0 Å². The second-order valence-corrected chi connectivity index (χ2v) is 4.64. The highest BCUT2D eigenvalue weighted by atomic mass is 16.5. The van der Waals surface area contributed by atoms with Crippen molar-refractivity contribution in [3.05, 3.63) is 0 Å². The highest BCUT2D eigenvalue weighted by Crippen LogP contribution is 2.42. The van der Waals surface area contributed by atoms with E-state index >= 15 is 0 Å².